The van der Waals surface area contributed by atoms with Crippen LogP contribution in [0.5, 0.6) is 5.75 Å². The summed E-state index contributed by atoms with van der Waals surface area (Å²) in [7, 11) is 1.68. The number of carbonyl (C=O) groups excluding carboxylic acids is 1. The lowest BCUT2D eigenvalue weighted by Gasteiger charge is -2.24. The van der Waals surface area contributed by atoms with E-state index in [1.807, 2.05) is 12.1 Å². The Kier molecular flexibility index (Phi) is 2.96. The highest BCUT2D eigenvalue weighted by Crippen LogP contribution is 2.45. The molecule has 4 nitrogen and oxygen atoms in total. The number of benzene rings is 1. The zero-order valence-corrected chi connectivity index (χ0v) is 12.5. The summed E-state index contributed by atoms with van der Waals surface area (Å²) in [6, 6.07) is 8.55. The largest absolute Gasteiger partial charge is 0.497 e. The molecule has 2 aliphatic carbocycles. The molecule has 0 radical (unpaired) electrons. The molecule has 2 saturated carbocycles. The van der Waals surface area contributed by atoms with E-state index >= 15 is 0 Å². The van der Waals surface area contributed by atoms with Crippen LogP contribution in [0.3, 0.4) is 0 Å². The maximum atomic E-state index is 13.0. The molecule has 4 rings (SSSR count). The van der Waals surface area contributed by atoms with Crippen molar-refractivity contribution in [3.8, 4) is 5.75 Å². The van der Waals surface area contributed by atoms with Gasteiger partial charge in [0.05, 0.1) is 12.6 Å². The van der Waals surface area contributed by atoms with Gasteiger partial charge in [0.2, 0.25) is 5.91 Å². The summed E-state index contributed by atoms with van der Waals surface area (Å²) in [5.74, 6) is 1.19. The van der Waals surface area contributed by atoms with Crippen molar-refractivity contribution in [2.24, 2.45) is 0 Å². The van der Waals surface area contributed by atoms with Crippen molar-refractivity contribution >= 4 is 5.91 Å². The summed E-state index contributed by atoms with van der Waals surface area (Å²) < 4.78 is 5.23. The molecule has 3 fully saturated rings. The summed E-state index contributed by atoms with van der Waals surface area (Å²) in [6.45, 7) is 0. The van der Waals surface area contributed by atoms with Gasteiger partial charge in [0.1, 0.15) is 11.9 Å². The van der Waals surface area contributed by atoms with E-state index in [9.17, 15) is 4.79 Å². The molecule has 1 N–H and O–H groups in total. The molecule has 112 valence electrons. The first-order valence-corrected chi connectivity index (χ1v) is 7.98. The molecule has 1 atom stereocenters. The van der Waals surface area contributed by atoms with Crippen LogP contribution in [0.2, 0.25) is 0 Å². The van der Waals surface area contributed by atoms with E-state index in [2.05, 4.69) is 22.3 Å². The number of carbonyl (C=O) groups is 1. The maximum absolute atomic E-state index is 13.0. The first-order chi connectivity index (χ1) is 10.2. The van der Waals surface area contributed by atoms with Gasteiger partial charge in [0.25, 0.3) is 0 Å². The fourth-order valence-corrected chi connectivity index (χ4v) is 3.85. The van der Waals surface area contributed by atoms with Crippen molar-refractivity contribution in [3.63, 3.8) is 0 Å². The molecule has 1 aromatic carbocycles. The van der Waals surface area contributed by atoms with Gasteiger partial charge in [-0.05, 0) is 43.4 Å². The number of methoxy groups -OCH3 is 1. The number of hydrogen-bond acceptors (Lipinski definition) is 3. The fourth-order valence-electron chi connectivity index (χ4n) is 3.85. The van der Waals surface area contributed by atoms with E-state index in [-0.39, 0.29) is 11.7 Å². The van der Waals surface area contributed by atoms with Gasteiger partial charge in [0.15, 0.2) is 0 Å². The molecule has 21 heavy (non-hydrogen) atoms. The molecule has 0 aromatic heterocycles. The number of hydrogen-bond donors (Lipinski definition) is 1. The van der Waals surface area contributed by atoms with Crippen LogP contribution >= 0.6 is 0 Å². The Hall–Kier alpha value is -1.55. The zero-order valence-electron chi connectivity index (χ0n) is 12.5. The Balaban J connectivity index is 1.67. The van der Waals surface area contributed by atoms with E-state index in [1.54, 1.807) is 7.11 Å². The van der Waals surface area contributed by atoms with Crippen LogP contribution in [0.4, 0.5) is 0 Å². The number of nitrogens with one attached hydrogen (secondary N) is 1. The van der Waals surface area contributed by atoms with E-state index in [1.165, 1.54) is 5.56 Å². The molecule has 1 amide bonds. The second kappa shape index (κ2) is 4.73. The SMILES string of the molecule is COc1ccc(C2NC3(CCCC3)C(=O)N2C2CC2)cc1. The Morgan fingerprint density at radius 3 is 2.43 bits per heavy atom. The van der Waals surface area contributed by atoms with Crippen LogP contribution < -0.4 is 10.1 Å². The van der Waals surface area contributed by atoms with Crippen molar-refractivity contribution in [1.29, 1.82) is 0 Å². The highest BCUT2D eigenvalue weighted by atomic mass is 16.5. The van der Waals surface area contributed by atoms with Gasteiger partial charge in [-0.15, -0.1) is 0 Å². The second-order valence-electron chi connectivity index (χ2n) is 6.55. The molecular weight excluding hydrogens is 264 g/mol. The molecule has 4 heteroatoms. The molecule has 1 spiro atoms. The number of ether oxygens (including phenoxy) is 1. The van der Waals surface area contributed by atoms with Crippen LogP contribution in [0.25, 0.3) is 0 Å². The first-order valence-electron chi connectivity index (χ1n) is 7.98. The van der Waals surface area contributed by atoms with Crippen LogP contribution in [0.1, 0.15) is 50.3 Å². The van der Waals surface area contributed by atoms with Gasteiger partial charge in [0, 0.05) is 6.04 Å². The minimum atomic E-state index is -0.285. The highest BCUT2D eigenvalue weighted by molar-refractivity contribution is 5.90. The third kappa shape index (κ3) is 2.04. The summed E-state index contributed by atoms with van der Waals surface area (Å²) in [5.41, 5.74) is 0.882. The standard InChI is InChI=1S/C17H22N2O2/c1-21-14-8-4-12(5-9-14)15-18-17(10-2-3-11-17)16(20)19(15)13-6-7-13/h4-5,8-9,13,15,18H,2-3,6-7,10-11H2,1H3. The molecule has 1 heterocycles. The van der Waals surface area contributed by atoms with Crippen molar-refractivity contribution < 1.29 is 9.53 Å². The van der Waals surface area contributed by atoms with Crippen LogP contribution in [-0.2, 0) is 4.79 Å². The van der Waals surface area contributed by atoms with E-state index in [0.717, 1.165) is 44.3 Å². The second-order valence-corrected chi connectivity index (χ2v) is 6.55. The molecule has 0 bridgehead atoms. The fraction of sp³-hybridized carbons (Fsp3) is 0.588. The Morgan fingerprint density at radius 2 is 1.86 bits per heavy atom. The summed E-state index contributed by atoms with van der Waals surface area (Å²) >= 11 is 0. The topological polar surface area (TPSA) is 41.6 Å². The molecule has 1 unspecified atom stereocenters. The average Bonchev–Trinajstić information content (AvgIpc) is 3.17. The van der Waals surface area contributed by atoms with Gasteiger partial charge < -0.3 is 9.64 Å². The van der Waals surface area contributed by atoms with Crippen LogP contribution in [0, 0.1) is 0 Å². The molecule has 1 saturated heterocycles. The average molecular weight is 286 g/mol. The van der Waals surface area contributed by atoms with Gasteiger partial charge in [-0.1, -0.05) is 25.0 Å². The number of amides is 1. The van der Waals surface area contributed by atoms with E-state index in [4.69, 9.17) is 4.74 Å². The summed E-state index contributed by atoms with van der Waals surface area (Å²) in [5, 5.41) is 3.68. The summed E-state index contributed by atoms with van der Waals surface area (Å²) in [4.78, 5) is 15.1. The lowest BCUT2D eigenvalue weighted by atomic mass is 9.98. The van der Waals surface area contributed by atoms with E-state index in [0.29, 0.717) is 11.9 Å². The Morgan fingerprint density at radius 1 is 1.19 bits per heavy atom. The molecule has 1 aromatic rings. The minimum absolute atomic E-state index is 0.0361. The van der Waals surface area contributed by atoms with Crippen molar-refractivity contribution in [2.75, 3.05) is 7.11 Å². The lowest BCUT2D eigenvalue weighted by Crippen LogP contribution is -2.44. The first kappa shape index (κ1) is 13.1. The van der Waals surface area contributed by atoms with Gasteiger partial charge in [-0.3, -0.25) is 10.1 Å². The maximum Gasteiger partial charge on any atom is 0.244 e. The van der Waals surface area contributed by atoms with Gasteiger partial charge in [-0.2, -0.15) is 0 Å². The Labute approximate surface area is 125 Å². The predicted octanol–water partition coefficient (Wildman–Crippen LogP) is 2.60. The third-order valence-electron chi connectivity index (χ3n) is 5.16. The lowest BCUT2D eigenvalue weighted by molar-refractivity contribution is -0.133. The normalized spacial score (nSPS) is 27.6. The van der Waals surface area contributed by atoms with E-state index < -0.39 is 0 Å². The van der Waals surface area contributed by atoms with Crippen molar-refractivity contribution in [1.82, 2.24) is 10.2 Å². The quantitative estimate of drug-likeness (QED) is 0.928. The smallest absolute Gasteiger partial charge is 0.244 e. The molecule has 1 aliphatic heterocycles. The molecule has 3 aliphatic rings. The third-order valence-corrected chi connectivity index (χ3v) is 5.16. The Bertz CT molecular complexity index is 544. The van der Waals surface area contributed by atoms with Gasteiger partial charge >= 0.3 is 0 Å². The number of nitrogens with zero attached hydrogens (tertiary/aromatic N) is 1. The van der Waals surface area contributed by atoms with Crippen molar-refractivity contribution in [3.05, 3.63) is 29.8 Å². The monoisotopic (exact) mass is 286 g/mol. The number of rotatable bonds is 3. The van der Waals surface area contributed by atoms with Crippen LogP contribution in [-0.4, -0.2) is 29.5 Å². The highest BCUT2D eigenvalue weighted by Gasteiger charge is 2.55. The zero-order chi connectivity index (χ0) is 14.4. The predicted molar refractivity (Wildman–Crippen MR) is 79.9 cm³/mol. The molecular formula is C17H22N2O2. The minimum Gasteiger partial charge on any atom is -0.497 e. The van der Waals surface area contributed by atoms with Gasteiger partial charge in [-0.25, -0.2) is 0 Å². The van der Waals surface area contributed by atoms with Crippen LogP contribution in [0.15, 0.2) is 24.3 Å². The summed E-state index contributed by atoms with van der Waals surface area (Å²) in [6.07, 6.45) is 6.63. The van der Waals surface area contributed by atoms with Crippen molar-refractivity contribution in [2.45, 2.75) is 56.3 Å².